The van der Waals surface area contributed by atoms with E-state index in [4.69, 9.17) is 39.5 Å². The molecule has 0 amide bonds. The number of hydrogen-bond donors (Lipinski definition) is 0. The van der Waals surface area contributed by atoms with Crippen molar-refractivity contribution in [1.29, 1.82) is 0 Å². The van der Waals surface area contributed by atoms with Gasteiger partial charge in [0.25, 0.3) is 0 Å². The fourth-order valence-electron chi connectivity index (χ4n) is 2.10. The molecule has 5 nitrogen and oxygen atoms in total. The molecule has 1 aromatic heterocycles. The summed E-state index contributed by atoms with van der Waals surface area (Å²) in [5.41, 5.74) is 1.28. The number of alkyl halides is 3. The van der Waals surface area contributed by atoms with E-state index in [0.717, 1.165) is 0 Å². The molecular weight excluding hydrogens is 373 g/mol. The average Bonchev–Trinajstić information content (AvgIpc) is 2.53. The Morgan fingerprint density at radius 3 is 2.29 bits per heavy atom. The lowest BCUT2D eigenvalue weighted by molar-refractivity contribution is 0.0527. The molecule has 8 heteroatoms. The smallest absolute Gasteiger partial charge is 0.344 e. The minimum absolute atomic E-state index is 0.0110. The summed E-state index contributed by atoms with van der Waals surface area (Å²) in [7, 11) is 3.48. The van der Waals surface area contributed by atoms with E-state index in [1.807, 2.05) is 30.3 Å². The quantitative estimate of drug-likeness (QED) is 0.580. The van der Waals surface area contributed by atoms with Crippen LogP contribution in [0.5, 0.6) is 0 Å². The third kappa shape index (κ3) is 4.09. The fourth-order valence-corrected chi connectivity index (χ4v) is 2.35. The summed E-state index contributed by atoms with van der Waals surface area (Å²) in [5, 5.41) is 0. The maximum atomic E-state index is 12.5. The summed E-state index contributed by atoms with van der Waals surface area (Å²) in [4.78, 5) is 22.7. The first-order valence-electron chi connectivity index (χ1n) is 7.14. The molecule has 0 atom stereocenters. The van der Waals surface area contributed by atoms with E-state index in [1.54, 1.807) is 25.9 Å². The first-order valence-corrected chi connectivity index (χ1v) is 8.28. The van der Waals surface area contributed by atoms with Crippen LogP contribution in [-0.4, -0.2) is 36.6 Å². The molecule has 0 aliphatic heterocycles. The number of rotatable bonds is 4. The zero-order valence-electron chi connectivity index (χ0n) is 13.4. The molecule has 2 aromatic rings. The van der Waals surface area contributed by atoms with Crippen molar-refractivity contribution in [1.82, 2.24) is 9.97 Å². The van der Waals surface area contributed by atoms with E-state index in [9.17, 15) is 4.79 Å². The van der Waals surface area contributed by atoms with Crippen LogP contribution in [0.25, 0.3) is 11.3 Å². The minimum Gasteiger partial charge on any atom is -0.462 e. The maximum Gasteiger partial charge on any atom is 0.344 e. The first kappa shape index (κ1) is 18.8. The van der Waals surface area contributed by atoms with E-state index in [-0.39, 0.29) is 18.0 Å². The van der Waals surface area contributed by atoms with Gasteiger partial charge in [0, 0.05) is 19.7 Å². The highest BCUT2D eigenvalue weighted by Crippen LogP contribution is 2.39. The van der Waals surface area contributed by atoms with Crippen molar-refractivity contribution in [2.45, 2.75) is 10.7 Å². The predicted octanol–water partition coefficient (Wildman–Crippen LogP) is 4.21. The second kappa shape index (κ2) is 7.55. The van der Waals surface area contributed by atoms with Crippen LogP contribution in [-0.2, 0) is 8.53 Å². The molecule has 0 aliphatic rings. The summed E-state index contributed by atoms with van der Waals surface area (Å²) in [6.07, 6.45) is 0. The van der Waals surface area contributed by atoms with Gasteiger partial charge in [-0.3, -0.25) is 0 Å². The van der Waals surface area contributed by atoms with E-state index < -0.39 is 9.76 Å². The van der Waals surface area contributed by atoms with Crippen LogP contribution in [0.4, 0.5) is 5.82 Å². The summed E-state index contributed by atoms with van der Waals surface area (Å²) in [5.74, 6) is -0.220. The van der Waals surface area contributed by atoms with E-state index in [1.165, 1.54) is 0 Å². The van der Waals surface area contributed by atoms with Crippen LogP contribution in [0.3, 0.4) is 0 Å². The largest absolute Gasteiger partial charge is 0.462 e. The highest BCUT2D eigenvalue weighted by atomic mass is 35.6. The molecule has 1 heterocycles. The molecule has 0 bridgehead atoms. The van der Waals surface area contributed by atoms with Gasteiger partial charge < -0.3 is 9.64 Å². The second-order valence-corrected chi connectivity index (χ2v) is 7.35. The fraction of sp³-hybridized carbons (Fsp3) is 0.312. The molecule has 0 saturated carbocycles. The summed E-state index contributed by atoms with van der Waals surface area (Å²) in [6.45, 7) is 1.96. The molecule has 1 aromatic carbocycles. The number of nitrogens with zero attached hydrogens (tertiary/aromatic N) is 3. The number of halogens is 3. The molecule has 0 radical (unpaired) electrons. The van der Waals surface area contributed by atoms with Gasteiger partial charge >= 0.3 is 5.97 Å². The minimum atomic E-state index is -1.82. The Hall–Kier alpha value is -1.56. The van der Waals surface area contributed by atoms with E-state index in [2.05, 4.69) is 9.97 Å². The third-order valence-electron chi connectivity index (χ3n) is 3.09. The van der Waals surface area contributed by atoms with Gasteiger partial charge in [0.2, 0.25) is 3.79 Å². The number of carbonyl (C=O) groups excluding carboxylic acids is 1. The maximum absolute atomic E-state index is 12.5. The van der Waals surface area contributed by atoms with Crippen molar-refractivity contribution in [3.63, 3.8) is 0 Å². The van der Waals surface area contributed by atoms with Gasteiger partial charge in [-0.05, 0) is 6.92 Å². The van der Waals surface area contributed by atoms with Crippen LogP contribution in [0.15, 0.2) is 30.3 Å². The van der Waals surface area contributed by atoms with Crippen LogP contribution < -0.4 is 4.90 Å². The van der Waals surface area contributed by atoms with E-state index >= 15 is 0 Å². The highest BCUT2D eigenvalue weighted by molar-refractivity contribution is 6.66. The normalized spacial score (nSPS) is 11.2. The van der Waals surface area contributed by atoms with Gasteiger partial charge in [-0.25, -0.2) is 14.8 Å². The number of ether oxygens (including phenoxy) is 1. The molecule has 0 unspecified atom stereocenters. The lowest BCUT2D eigenvalue weighted by Crippen LogP contribution is -2.22. The first-order chi connectivity index (χ1) is 11.3. The van der Waals surface area contributed by atoms with Gasteiger partial charge in [-0.15, -0.1) is 0 Å². The van der Waals surface area contributed by atoms with Crippen molar-refractivity contribution in [3.8, 4) is 11.3 Å². The number of aromatic nitrogens is 2. The van der Waals surface area contributed by atoms with Crippen molar-refractivity contribution in [2.75, 3.05) is 25.6 Å². The number of hydrogen-bond acceptors (Lipinski definition) is 5. The zero-order valence-corrected chi connectivity index (χ0v) is 15.7. The number of esters is 1. The molecule has 24 heavy (non-hydrogen) atoms. The topological polar surface area (TPSA) is 55.3 Å². The van der Waals surface area contributed by atoms with Crippen molar-refractivity contribution >= 4 is 46.6 Å². The molecule has 128 valence electrons. The molecule has 0 spiro atoms. The Morgan fingerprint density at radius 2 is 1.79 bits per heavy atom. The molecular formula is C16H16Cl3N3O2. The SMILES string of the molecule is CCOC(=O)c1c(-c2ccccc2)nc(C(Cl)(Cl)Cl)nc1N(C)C. The summed E-state index contributed by atoms with van der Waals surface area (Å²) in [6, 6.07) is 9.14. The molecule has 0 N–H and O–H groups in total. The Labute approximate surface area is 155 Å². The molecule has 0 saturated heterocycles. The van der Waals surface area contributed by atoms with Crippen molar-refractivity contribution in [3.05, 3.63) is 41.7 Å². The average molecular weight is 389 g/mol. The standard InChI is InChI=1S/C16H16Cl3N3O2/c1-4-24-14(23)11-12(10-8-6-5-7-9-10)20-15(16(17,18)19)21-13(11)22(2)3/h5-9H,4H2,1-3H3. The molecule has 0 aliphatic carbocycles. The van der Waals surface area contributed by atoms with Gasteiger partial charge in [0.15, 0.2) is 5.82 Å². The Balaban J connectivity index is 2.81. The van der Waals surface area contributed by atoms with Crippen LogP contribution in [0, 0.1) is 0 Å². The van der Waals surface area contributed by atoms with Crippen molar-refractivity contribution in [2.24, 2.45) is 0 Å². The predicted molar refractivity (Wildman–Crippen MR) is 97.0 cm³/mol. The monoisotopic (exact) mass is 387 g/mol. The summed E-state index contributed by atoms with van der Waals surface area (Å²) < 4.78 is 3.34. The number of benzene rings is 1. The Morgan fingerprint density at radius 1 is 1.17 bits per heavy atom. The van der Waals surface area contributed by atoms with Crippen LogP contribution >= 0.6 is 34.8 Å². The van der Waals surface area contributed by atoms with Gasteiger partial charge in [0.1, 0.15) is 11.4 Å². The zero-order chi connectivity index (χ0) is 17.9. The van der Waals surface area contributed by atoms with E-state index in [0.29, 0.717) is 17.1 Å². The lowest BCUT2D eigenvalue weighted by atomic mass is 10.1. The number of anilines is 1. The summed E-state index contributed by atoms with van der Waals surface area (Å²) >= 11 is 17.9. The molecule has 0 fully saturated rings. The second-order valence-electron chi connectivity index (χ2n) is 5.07. The number of carbonyl (C=O) groups is 1. The van der Waals surface area contributed by atoms with Gasteiger partial charge in [-0.1, -0.05) is 65.1 Å². The Kier molecular flexibility index (Phi) is 5.91. The van der Waals surface area contributed by atoms with Crippen molar-refractivity contribution < 1.29 is 9.53 Å². The Bertz CT molecular complexity index is 731. The third-order valence-corrected chi connectivity index (χ3v) is 3.60. The van der Waals surface area contributed by atoms with Gasteiger partial charge in [0.05, 0.1) is 12.3 Å². The highest BCUT2D eigenvalue weighted by Gasteiger charge is 2.32. The van der Waals surface area contributed by atoms with Crippen LogP contribution in [0.2, 0.25) is 0 Å². The lowest BCUT2D eigenvalue weighted by Gasteiger charge is -2.21. The van der Waals surface area contributed by atoms with Crippen LogP contribution in [0.1, 0.15) is 23.1 Å². The molecule has 2 rings (SSSR count). The van der Waals surface area contributed by atoms with Gasteiger partial charge in [-0.2, -0.15) is 0 Å².